The second-order valence-corrected chi connectivity index (χ2v) is 18.7. The monoisotopic (exact) mass is 792 g/mol. The van der Waals surface area contributed by atoms with E-state index >= 15 is 0 Å². The quantitative estimate of drug-likeness (QED) is 0.0491. The maximum absolute atomic E-state index is 13.9. The molecule has 0 aromatic heterocycles. The van der Waals surface area contributed by atoms with Crippen LogP contribution in [0.3, 0.4) is 0 Å². The molecule has 6 nitrogen and oxygen atoms in total. The normalized spacial score (nSPS) is 14.3. The van der Waals surface area contributed by atoms with Gasteiger partial charge >= 0.3 is 11.9 Å². The van der Waals surface area contributed by atoms with Gasteiger partial charge in [0.15, 0.2) is 0 Å². The highest BCUT2D eigenvalue weighted by molar-refractivity contribution is 5.77. The Morgan fingerprint density at radius 2 is 1.04 bits per heavy atom. The summed E-state index contributed by atoms with van der Waals surface area (Å²) in [5.74, 6) is 0.0689. The van der Waals surface area contributed by atoms with Crippen molar-refractivity contribution in [2.45, 2.75) is 265 Å². The Kier molecular flexibility index (Phi) is 33.8. The first-order valence-corrected chi connectivity index (χ1v) is 25.0. The largest absolute Gasteiger partial charge is 0.465 e. The van der Waals surface area contributed by atoms with E-state index in [0.717, 1.165) is 116 Å². The second kappa shape index (κ2) is 35.8. The molecule has 56 heavy (non-hydrogen) atoms. The van der Waals surface area contributed by atoms with E-state index in [1.54, 1.807) is 0 Å². The number of hydrogen-bond acceptors (Lipinski definition) is 6. The molecule has 0 aromatic carbocycles. The highest BCUT2D eigenvalue weighted by Gasteiger charge is 2.42. The minimum Gasteiger partial charge on any atom is -0.465 e. The summed E-state index contributed by atoms with van der Waals surface area (Å²) in [5.41, 5.74) is -0.705. The summed E-state index contributed by atoms with van der Waals surface area (Å²) in [6.45, 7) is 14.2. The molecule has 332 valence electrons. The van der Waals surface area contributed by atoms with Gasteiger partial charge in [-0.2, -0.15) is 0 Å². The molecule has 0 saturated heterocycles. The van der Waals surface area contributed by atoms with E-state index in [1.165, 1.54) is 122 Å². The zero-order valence-electron chi connectivity index (χ0n) is 38.4. The molecule has 0 atom stereocenters. The van der Waals surface area contributed by atoms with Crippen molar-refractivity contribution in [1.82, 2.24) is 4.90 Å². The third kappa shape index (κ3) is 26.8. The molecule has 1 rings (SSSR count). The minimum absolute atomic E-state index is 0.0573. The van der Waals surface area contributed by atoms with Gasteiger partial charge in [-0.3, -0.25) is 9.59 Å². The summed E-state index contributed by atoms with van der Waals surface area (Å²) in [6.07, 6.45) is 41.6. The van der Waals surface area contributed by atoms with Crippen molar-refractivity contribution in [3.63, 3.8) is 0 Å². The molecule has 0 aromatic rings. The molecule has 0 radical (unpaired) electrons. The average molecular weight is 792 g/mol. The number of aliphatic hydroxyl groups is 1. The average Bonchev–Trinajstić information content (AvgIpc) is 3.68. The number of hydrogen-bond donors (Lipinski definition) is 1. The van der Waals surface area contributed by atoms with E-state index in [-0.39, 0.29) is 30.1 Å². The molecule has 0 amide bonds. The van der Waals surface area contributed by atoms with Crippen LogP contribution in [0.15, 0.2) is 0 Å². The number of esters is 2. The fourth-order valence-electron chi connectivity index (χ4n) is 8.86. The van der Waals surface area contributed by atoms with Crippen molar-refractivity contribution in [3.8, 4) is 0 Å². The molecule has 1 N–H and O–H groups in total. The summed E-state index contributed by atoms with van der Waals surface area (Å²) in [5, 5.41) is 9.73. The second-order valence-electron chi connectivity index (χ2n) is 18.7. The van der Waals surface area contributed by atoms with Crippen LogP contribution in [0, 0.1) is 10.8 Å². The molecule has 0 aliphatic heterocycles. The molecule has 6 heteroatoms. The van der Waals surface area contributed by atoms with Crippen LogP contribution in [0.5, 0.6) is 0 Å². The first kappa shape index (κ1) is 52.9. The van der Waals surface area contributed by atoms with Crippen molar-refractivity contribution in [2.75, 3.05) is 32.8 Å². The molecule has 1 fully saturated rings. The number of carbonyl (C=O) groups is 2. The fraction of sp³-hybridized carbons (Fsp3) is 0.960. The van der Waals surface area contributed by atoms with Crippen LogP contribution in [0.25, 0.3) is 0 Å². The standard InChI is InChI=1S/C50H97NO5/c1-6-9-12-15-18-19-20-25-34-45-55-47(53)49(4,5)37-31-33-42-51(43-44-52)41-32-24-23-28-38-50(39-29-30-40-50)48(54)56-46(35-26-21-16-13-10-7-2)36-27-22-17-14-11-8-3/h46,52H,6-45H2,1-5H3. The lowest BCUT2D eigenvalue weighted by Gasteiger charge is -2.30. The number of rotatable bonds is 41. The SMILES string of the molecule is CCCCCCCCCCCOC(=O)C(C)(C)CCCCN(CCO)CCCCCCC1(C(=O)OC(CCCCCCCC)CCCCCCCC)CCCC1. The summed E-state index contributed by atoms with van der Waals surface area (Å²) >= 11 is 0. The Bertz CT molecular complexity index is 884. The van der Waals surface area contributed by atoms with Gasteiger partial charge in [-0.15, -0.1) is 0 Å². The molecule has 1 saturated carbocycles. The molecule has 0 spiro atoms. The molecule has 0 unspecified atom stereocenters. The summed E-state index contributed by atoms with van der Waals surface area (Å²) in [4.78, 5) is 29.1. The number of unbranched alkanes of at least 4 members (excludes halogenated alkanes) is 22. The van der Waals surface area contributed by atoms with Crippen molar-refractivity contribution >= 4 is 11.9 Å². The Balaban J connectivity index is 2.38. The van der Waals surface area contributed by atoms with E-state index in [2.05, 4.69) is 25.7 Å². The van der Waals surface area contributed by atoms with Crippen LogP contribution in [-0.2, 0) is 19.1 Å². The first-order valence-electron chi connectivity index (χ1n) is 25.0. The van der Waals surface area contributed by atoms with Crippen molar-refractivity contribution in [1.29, 1.82) is 0 Å². The molecular formula is C50H97NO5. The van der Waals surface area contributed by atoms with Gasteiger partial charge in [-0.05, 0) is 97.6 Å². The van der Waals surface area contributed by atoms with Gasteiger partial charge < -0.3 is 19.5 Å². The summed E-state index contributed by atoms with van der Waals surface area (Å²) < 4.78 is 12.1. The van der Waals surface area contributed by atoms with Gasteiger partial charge in [0.2, 0.25) is 0 Å². The lowest BCUT2D eigenvalue weighted by Crippen LogP contribution is -2.33. The molecule has 1 aliphatic rings. The third-order valence-corrected chi connectivity index (χ3v) is 12.9. The van der Waals surface area contributed by atoms with Gasteiger partial charge in [0.05, 0.1) is 24.0 Å². The van der Waals surface area contributed by atoms with Gasteiger partial charge in [-0.25, -0.2) is 0 Å². The fourth-order valence-corrected chi connectivity index (χ4v) is 8.86. The zero-order chi connectivity index (χ0) is 41.0. The van der Waals surface area contributed by atoms with Crippen LogP contribution in [-0.4, -0.2) is 60.9 Å². The van der Waals surface area contributed by atoms with Crippen LogP contribution >= 0.6 is 0 Å². The lowest BCUT2D eigenvalue weighted by molar-refractivity contribution is -0.163. The lowest BCUT2D eigenvalue weighted by atomic mass is 9.80. The molecular weight excluding hydrogens is 695 g/mol. The summed E-state index contributed by atoms with van der Waals surface area (Å²) in [7, 11) is 0. The van der Waals surface area contributed by atoms with Crippen LogP contribution in [0.2, 0.25) is 0 Å². The van der Waals surface area contributed by atoms with E-state index in [0.29, 0.717) is 13.2 Å². The smallest absolute Gasteiger partial charge is 0.312 e. The minimum atomic E-state index is -0.452. The van der Waals surface area contributed by atoms with Crippen LogP contribution in [0.4, 0.5) is 0 Å². The Labute approximate surface area is 349 Å². The topological polar surface area (TPSA) is 76.1 Å². The van der Waals surface area contributed by atoms with Gasteiger partial charge in [0.1, 0.15) is 6.10 Å². The van der Waals surface area contributed by atoms with Gasteiger partial charge in [0.25, 0.3) is 0 Å². The molecule has 0 heterocycles. The van der Waals surface area contributed by atoms with E-state index < -0.39 is 5.41 Å². The highest BCUT2D eigenvalue weighted by atomic mass is 16.5. The highest BCUT2D eigenvalue weighted by Crippen LogP contribution is 2.44. The maximum atomic E-state index is 13.9. The van der Waals surface area contributed by atoms with E-state index in [9.17, 15) is 14.7 Å². The van der Waals surface area contributed by atoms with E-state index in [1.807, 2.05) is 13.8 Å². The number of aliphatic hydroxyl groups excluding tert-OH is 1. The number of nitrogens with zero attached hydrogens (tertiary/aromatic N) is 1. The molecule has 0 bridgehead atoms. The van der Waals surface area contributed by atoms with Crippen molar-refractivity contribution in [3.05, 3.63) is 0 Å². The van der Waals surface area contributed by atoms with E-state index in [4.69, 9.17) is 9.47 Å². The predicted molar refractivity (Wildman–Crippen MR) is 239 cm³/mol. The third-order valence-electron chi connectivity index (χ3n) is 12.9. The van der Waals surface area contributed by atoms with Gasteiger partial charge in [-0.1, -0.05) is 175 Å². The maximum Gasteiger partial charge on any atom is 0.312 e. The Hall–Kier alpha value is -1.14. The van der Waals surface area contributed by atoms with Crippen LogP contribution < -0.4 is 0 Å². The number of carbonyl (C=O) groups excluding carboxylic acids is 2. The van der Waals surface area contributed by atoms with Crippen molar-refractivity contribution in [2.24, 2.45) is 10.8 Å². The zero-order valence-corrected chi connectivity index (χ0v) is 38.4. The molecule has 1 aliphatic carbocycles. The van der Waals surface area contributed by atoms with Gasteiger partial charge in [0, 0.05) is 6.54 Å². The summed E-state index contributed by atoms with van der Waals surface area (Å²) in [6, 6.07) is 0. The Morgan fingerprint density at radius 1 is 0.589 bits per heavy atom. The Morgan fingerprint density at radius 3 is 1.55 bits per heavy atom. The van der Waals surface area contributed by atoms with Crippen LogP contribution in [0.1, 0.15) is 259 Å². The predicted octanol–water partition coefficient (Wildman–Crippen LogP) is 14.5. The number of ether oxygens (including phenoxy) is 2. The first-order chi connectivity index (χ1) is 27.2. The van der Waals surface area contributed by atoms with Crippen molar-refractivity contribution < 1.29 is 24.2 Å².